The molecule has 0 fully saturated rings. The summed E-state index contributed by atoms with van der Waals surface area (Å²) < 4.78 is 0. The Kier molecular flexibility index (Phi) is 6.32. The molecule has 0 aliphatic carbocycles. The molecule has 0 radical (unpaired) electrons. The van der Waals surface area contributed by atoms with Gasteiger partial charge in [0.1, 0.15) is 0 Å². The number of carbonyl (C=O) groups excluding carboxylic acids is 1. The normalized spacial score (nSPS) is 13.7. The van der Waals surface area contributed by atoms with Crippen molar-refractivity contribution in [2.24, 2.45) is 0 Å². The highest BCUT2D eigenvalue weighted by Gasteiger charge is 2.40. The second kappa shape index (κ2) is 7.21. The first-order chi connectivity index (χ1) is 9.08. The molecule has 0 saturated heterocycles. The number of rotatable bonds is 5. The van der Waals surface area contributed by atoms with Gasteiger partial charge in [0.05, 0.1) is 19.4 Å². The van der Waals surface area contributed by atoms with Gasteiger partial charge < -0.3 is 20.4 Å². The predicted molar refractivity (Wildman–Crippen MR) is 59.7 cm³/mol. The highest BCUT2D eigenvalue weighted by Crippen LogP contribution is 2.15. The van der Waals surface area contributed by atoms with Crippen LogP contribution >= 0.6 is 0 Å². The highest BCUT2D eigenvalue weighted by atomic mass is 16.5. The van der Waals surface area contributed by atoms with Crippen LogP contribution in [0.1, 0.15) is 12.8 Å². The minimum Gasteiger partial charge on any atom is -0.481 e. The molecule has 10 heteroatoms. The Morgan fingerprint density at radius 1 is 1.15 bits per heavy atom. The summed E-state index contributed by atoms with van der Waals surface area (Å²) in [6.07, 6.45) is 0.644. The van der Waals surface area contributed by atoms with E-state index in [0.717, 1.165) is 0 Å². The van der Waals surface area contributed by atoms with E-state index in [1.807, 2.05) is 0 Å². The Bertz CT molecular complexity index is 426. The Hall–Kier alpha value is -2.46. The lowest BCUT2D eigenvalue weighted by molar-refractivity contribution is -0.170. The van der Waals surface area contributed by atoms with Crippen LogP contribution in [0.3, 0.4) is 0 Å². The number of nitrogens with zero attached hydrogens (tertiary/aromatic N) is 1. The summed E-state index contributed by atoms with van der Waals surface area (Å²) in [6.45, 7) is 0.332. The zero-order valence-corrected chi connectivity index (χ0v) is 10.1. The average Bonchev–Trinajstić information content (AvgIpc) is 2.61. The Balaban J connectivity index is 0.000000428. The van der Waals surface area contributed by atoms with E-state index in [0.29, 0.717) is 11.6 Å². The summed E-state index contributed by atoms with van der Waals surface area (Å²) in [4.78, 5) is 40.6. The van der Waals surface area contributed by atoms with Crippen molar-refractivity contribution in [1.29, 1.82) is 0 Å². The van der Waals surface area contributed by atoms with Crippen LogP contribution in [0, 0.1) is 0 Å². The van der Waals surface area contributed by atoms with Crippen molar-refractivity contribution in [3.05, 3.63) is 12.2 Å². The summed E-state index contributed by atoms with van der Waals surface area (Å²) in [5, 5.41) is 42.9. The molecule has 1 amide bonds. The van der Waals surface area contributed by atoms with Gasteiger partial charge in [-0.1, -0.05) is 6.08 Å². The van der Waals surface area contributed by atoms with Gasteiger partial charge in [-0.15, -0.1) is 0 Å². The molecule has 0 aromatic rings. The van der Waals surface area contributed by atoms with Gasteiger partial charge in [0.2, 0.25) is 0 Å². The fourth-order valence-electron chi connectivity index (χ4n) is 1.14. The first-order valence-electron chi connectivity index (χ1n) is 5.15. The molecular formula is C10H13NO9. The number of hydroxylamine groups is 2. The van der Waals surface area contributed by atoms with Gasteiger partial charge in [0.15, 0.2) is 5.60 Å². The van der Waals surface area contributed by atoms with Crippen LogP contribution in [-0.4, -0.2) is 66.7 Å². The van der Waals surface area contributed by atoms with E-state index in [-0.39, 0.29) is 5.91 Å². The Morgan fingerprint density at radius 3 is 1.75 bits per heavy atom. The second-order valence-electron chi connectivity index (χ2n) is 3.80. The third-order valence-electron chi connectivity index (χ3n) is 2.08. The van der Waals surface area contributed by atoms with E-state index in [4.69, 9.17) is 25.6 Å². The predicted octanol–water partition coefficient (Wildman–Crippen LogP) is -1.47. The third-order valence-corrected chi connectivity index (χ3v) is 2.08. The van der Waals surface area contributed by atoms with Crippen molar-refractivity contribution < 1.29 is 44.8 Å². The van der Waals surface area contributed by atoms with Crippen molar-refractivity contribution in [3.8, 4) is 0 Å². The molecule has 1 rings (SSSR count). The van der Waals surface area contributed by atoms with Crippen LogP contribution < -0.4 is 0 Å². The van der Waals surface area contributed by atoms with E-state index in [1.165, 1.54) is 6.08 Å². The van der Waals surface area contributed by atoms with E-state index >= 15 is 0 Å². The molecule has 0 atom stereocenters. The molecule has 0 spiro atoms. The lowest BCUT2D eigenvalue weighted by atomic mass is 9.96. The molecule has 0 bridgehead atoms. The van der Waals surface area contributed by atoms with Gasteiger partial charge >= 0.3 is 17.9 Å². The van der Waals surface area contributed by atoms with Gasteiger partial charge in [0.25, 0.3) is 5.91 Å². The van der Waals surface area contributed by atoms with Crippen molar-refractivity contribution in [2.75, 3.05) is 6.54 Å². The minimum absolute atomic E-state index is 0.332. The molecule has 112 valence electrons. The number of carbonyl (C=O) groups is 4. The summed E-state index contributed by atoms with van der Waals surface area (Å²) in [7, 11) is 0. The molecule has 0 aromatic heterocycles. The van der Waals surface area contributed by atoms with Gasteiger partial charge in [-0.25, -0.2) is 9.86 Å². The van der Waals surface area contributed by atoms with Crippen LogP contribution in [0.4, 0.5) is 0 Å². The van der Waals surface area contributed by atoms with Crippen molar-refractivity contribution >= 4 is 23.8 Å². The van der Waals surface area contributed by atoms with Crippen LogP contribution in [0.25, 0.3) is 0 Å². The number of carboxylic acids is 3. The lowest BCUT2D eigenvalue weighted by Crippen LogP contribution is -2.42. The van der Waals surface area contributed by atoms with Gasteiger partial charge in [-0.3, -0.25) is 19.6 Å². The fourth-order valence-corrected chi connectivity index (χ4v) is 1.14. The number of aliphatic carboxylic acids is 3. The first kappa shape index (κ1) is 17.5. The number of hydrogen-bond acceptors (Lipinski definition) is 6. The van der Waals surface area contributed by atoms with Crippen LogP contribution in [0.15, 0.2) is 12.2 Å². The largest absolute Gasteiger partial charge is 0.481 e. The standard InChI is InChI=1S/C6H8O7.C4H5NO2/c7-3(8)1-6(13,5(11)12)2-4(9)10;6-4-2-1-3-5(4)7/h13H,1-2H2,(H,7,8)(H,9,10)(H,11,12);1-2,7H,3H2. The first-order valence-corrected chi connectivity index (χ1v) is 5.15. The summed E-state index contributed by atoms with van der Waals surface area (Å²) >= 11 is 0. The van der Waals surface area contributed by atoms with E-state index in [2.05, 4.69) is 0 Å². The maximum Gasteiger partial charge on any atom is 0.336 e. The second-order valence-corrected chi connectivity index (χ2v) is 3.80. The molecule has 10 nitrogen and oxygen atoms in total. The topological polar surface area (TPSA) is 173 Å². The highest BCUT2D eigenvalue weighted by molar-refractivity contribution is 5.89. The summed E-state index contributed by atoms with van der Waals surface area (Å²) in [5.41, 5.74) is -2.74. The summed E-state index contributed by atoms with van der Waals surface area (Å²) in [5.74, 6) is -5.35. The molecule has 0 saturated carbocycles. The number of aliphatic hydroxyl groups is 1. The molecule has 5 N–H and O–H groups in total. The monoisotopic (exact) mass is 291 g/mol. The maximum absolute atomic E-state index is 10.3. The number of hydrogen-bond donors (Lipinski definition) is 5. The van der Waals surface area contributed by atoms with E-state index < -0.39 is 36.4 Å². The Morgan fingerprint density at radius 2 is 1.60 bits per heavy atom. The minimum atomic E-state index is -2.74. The quantitative estimate of drug-likeness (QED) is 0.379. The maximum atomic E-state index is 10.3. The zero-order valence-electron chi connectivity index (χ0n) is 10.1. The van der Waals surface area contributed by atoms with Gasteiger partial charge in [-0.2, -0.15) is 0 Å². The van der Waals surface area contributed by atoms with Gasteiger partial charge in [0, 0.05) is 6.08 Å². The van der Waals surface area contributed by atoms with Crippen molar-refractivity contribution in [3.63, 3.8) is 0 Å². The summed E-state index contributed by atoms with van der Waals surface area (Å²) in [6, 6.07) is 0. The van der Waals surface area contributed by atoms with E-state index in [1.54, 1.807) is 6.08 Å². The van der Waals surface area contributed by atoms with Crippen LogP contribution in [0.2, 0.25) is 0 Å². The average molecular weight is 291 g/mol. The van der Waals surface area contributed by atoms with E-state index in [9.17, 15) is 19.2 Å². The molecule has 0 unspecified atom stereocenters. The smallest absolute Gasteiger partial charge is 0.336 e. The van der Waals surface area contributed by atoms with Crippen LogP contribution in [-0.2, 0) is 19.2 Å². The van der Waals surface area contributed by atoms with Crippen molar-refractivity contribution in [1.82, 2.24) is 5.06 Å². The van der Waals surface area contributed by atoms with Gasteiger partial charge in [-0.05, 0) is 0 Å². The molecule has 1 heterocycles. The SMILES string of the molecule is O=C(O)CC(O)(CC(=O)O)C(=O)O.O=C1C=CCN1O. The Labute approximate surface area is 112 Å². The zero-order chi connectivity index (χ0) is 15.9. The molecule has 1 aliphatic rings. The van der Waals surface area contributed by atoms with Crippen LogP contribution in [0.5, 0.6) is 0 Å². The molecule has 0 aromatic carbocycles. The number of carboxylic acid groups (broad SMARTS) is 3. The fraction of sp³-hybridized carbons (Fsp3) is 0.400. The third kappa shape index (κ3) is 5.93. The molecular weight excluding hydrogens is 278 g/mol. The molecule has 1 aliphatic heterocycles. The van der Waals surface area contributed by atoms with Crippen molar-refractivity contribution in [2.45, 2.75) is 18.4 Å². The number of amides is 1. The molecule has 20 heavy (non-hydrogen) atoms. The lowest BCUT2D eigenvalue weighted by Gasteiger charge is -2.18.